The smallest absolute Gasteiger partial charge is 0.397 e. The lowest BCUT2D eigenvalue weighted by Gasteiger charge is -2.21. The minimum absolute atomic E-state index is 0.117. The van der Waals surface area contributed by atoms with Gasteiger partial charge in [0.2, 0.25) is 0 Å². The standard InChI is InChI=1S/C23H25F3N2O2/c1-2-3-7-12-30-18-11-10-17-13-21(28-20(17)14-18)22(29)27-15-19(23(24,25)26)16-8-5-4-6-9-16/h4-6,8-11,13-14,19,28H,2-3,7,12,15H2,1H3,(H,27,29). The first-order valence-electron chi connectivity index (χ1n) is 10.0. The molecule has 0 radical (unpaired) electrons. The van der Waals surface area contributed by atoms with Crippen LogP contribution in [0.5, 0.6) is 5.75 Å². The van der Waals surface area contributed by atoms with Crippen molar-refractivity contribution in [3.8, 4) is 5.75 Å². The summed E-state index contributed by atoms with van der Waals surface area (Å²) >= 11 is 0. The highest BCUT2D eigenvalue weighted by molar-refractivity contribution is 5.98. The van der Waals surface area contributed by atoms with Crippen LogP contribution in [-0.2, 0) is 0 Å². The number of ether oxygens (including phenoxy) is 1. The molecule has 0 aliphatic rings. The van der Waals surface area contributed by atoms with Crippen molar-refractivity contribution in [1.29, 1.82) is 0 Å². The molecule has 1 heterocycles. The maximum atomic E-state index is 13.4. The number of alkyl halides is 3. The Balaban J connectivity index is 1.67. The number of H-pyrrole nitrogens is 1. The first-order valence-corrected chi connectivity index (χ1v) is 10.0. The van der Waals surface area contributed by atoms with Crippen molar-refractivity contribution in [2.24, 2.45) is 0 Å². The van der Waals surface area contributed by atoms with E-state index in [1.54, 1.807) is 30.3 Å². The Labute approximate surface area is 173 Å². The second-order valence-electron chi connectivity index (χ2n) is 7.20. The maximum absolute atomic E-state index is 13.4. The van der Waals surface area contributed by atoms with Crippen molar-refractivity contribution < 1.29 is 22.7 Å². The molecule has 1 unspecified atom stereocenters. The molecule has 1 aromatic heterocycles. The van der Waals surface area contributed by atoms with E-state index in [0.29, 0.717) is 17.9 Å². The topological polar surface area (TPSA) is 54.1 Å². The molecular formula is C23H25F3N2O2. The summed E-state index contributed by atoms with van der Waals surface area (Å²) in [6, 6.07) is 14.6. The third kappa shape index (κ3) is 5.55. The van der Waals surface area contributed by atoms with Gasteiger partial charge in [0.05, 0.1) is 12.5 Å². The summed E-state index contributed by atoms with van der Waals surface area (Å²) in [5.74, 6) is -1.66. The summed E-state index contributed by atoms with van der Waals surface area (Å²) in [4.78, 5) is 15.4. The van der Waals surface area contributed by atoms with Crippen molar-refractivity contribution in [3.63, 3.8) is 0 Å². The Morgan fingerprint density at radius 3 is 2.57 bits per heavy atom. The lowest BCUT2D eigenvalue weighted by atomic mass is 9.98. The highest BCUT2D eigenvalue weighted by Gasteiger charge is 2.40. The molecule has 0 saturated heterocycles. The summed E-state index contributed by atoms with van der Waals surface area (Å²) in [6.45, 7) is 2.20. The van der Waals surface area contributed by atoms with E-state index in [0.717, 1.165) is 24.6 Å². The summed E-state index contributed by atoms with van der Waals surface area (Å²) in [7, 11) is 0. The van der Waals surface area contributed by atoms with E-state index in [1.807, 2.05) is 12.1 Å². The molecule has 7 heteroatoms. The summed E-state index contributed by atoms with van der Waals surface area (Å²) in [5, 5.41) is 3.19. The second kappa shape index (κ2) is 9.69. The Kier molecular flexibility index (Phi) is 7.03. The molecule has 2 N–H and O–H groups in total. The molecule has 30 heavy (non-hydrogen) atoms. The van der Waals surface area contributed by atoms with Crippen LogP contribution < -0.4 is 10.1 Å². The van der Waals surface area contributed by atoms with Gasteiger partial charge in [0, 0.05) is 23.5 Å². The van der Waals surface area contributed by atoms with E-state index < -0.39 is 24.5 Å². The molecule has 0 bridgehead atoms. The number of carbonyl (C=O) groups excluding carboxylic acids is 1. The van der Waals surface area contributed by atoms with E-state index in [2.05, 4.69) is 17.2 Å². The number of amides is 1. The lowest BCUT2D eigenvalue weighted by molar-refractivity contribution is -0.149. The van der Waals surface area contributed by atoms with E-state index >= 15 is 0 Å². The molecule has 160 valence electrons. The molecule has 0 fully saturated rings. The Hall–Kier alpha value is -2.96. The summed E-state index contributed by atoms with van der Waals surface area (Å²) < 4.78 is 46.0. The van der Waals surface area contributed by atoms with Crippen LogP contribution in [0.1, 0.15) is 48.2 Å². The first-order chi connectivity index (χ1) is 14.4. The zero-order valence-electron chi connectivity index (χ0n) is 16.8. The van der Waals surface area contributed by atoms with Crippen LogP contribution in [0.15, 0.2) is 54.6 Å². The molecule has 0 aliphatic heterocycles. The van der Waals surface area contributed by atoms with Crippen molar-refractivity contribution in [1.82, 2.24) is 10.3 Å². The van der Waals surface area contributed by atoms with Gasteiger partial charge in [-0.3, -0.25) is 4.79 Å². The number of benzene rings is 2. The predicted molar refractivity (Wildman–Crippen MR) is 111 cm³/mol. The van der Waals surface area contributed by atoms with Crippen LogP contribution in [-0.4, -0.2) is 30.2 Å². The van der Waals surface area contributed by atoms with E-state index in [9.17, 15) is 18.0 Å². The highest BCUT2D eigenvalue weighted by atomic mass is 19.4. The monoisotopic (exact) mass is 418 g/mol. The molecule has 2 aromatic carbocycles. The zero-order chi connectivity index (χ0) is 21.6. The van der Waals surface area contributed by atoms with Gasteiger partial charge in [-0.2, -0.15) is 13.2 Å². The van der Waals surface area contributed by atoms with Crippen LogP contribution in [0.3, 0.4) is 0 Å². The van der Waals surface area contributed by atoms with Crippen molar-refractivity contribution in [3.05, 3.63) is 65.9 Å². The van der Waals surface area contributed by atoms with Gasteiger partial charge in [-0.05, 0) is 30.2 Å². The second-order valence-corrected chi connectivity index (χ2v) is 7.20. The van der Waals surface area contributed by atoms with Crippen molar-refractivity contribution in [2.45, 2.75) is 38.3 Å². The lowest BCUT2D eigenvalue weighted by Crippen LogP contribution is -2.35. The average Bonchev–Trinajstić information content (AvgIpc) is 3.14. The normalized spacial score (nSPS) is 12.7. The molecule has 0 saturated carbocycles. The van der Waals surface area contributed by atoms with Crippen LogP contribution in [0.4, 0.5) is 13.2 Å². The molecule has 3 rings (SSSR count). The zero-order valence-corrected chi connectivity index (χ0v) is 16.8. The van der Waals surface area contributed by atoms with E-state index in [1.165, 1.54) is 12.1 Å². The molecule has 0 aliphatic carbocycles. The van der Waals surface area contributed by atoms with Crippen molar-refractivity contribution in [2.75, 3.05) is 13.2 Å². The van der Waals surface area contributed by atoms with Gasteiger partial charge in [0.1, 0.15) is 11.4 Å². The SMILES string of the molecule is CCCCCOc1ccc2cc(C(=O)NCC(c3ccccc3)C(F)(F)F)[nH]c2c1. The van der Waals surface area contributed by atoms with E-state index in [4.69, 9.17) is 4.74 Å². The molecule has 4 nitrogen and oxygen atoms in total. The van der Waals surface area contributed by atoms with Gasteiger partial charge < -0.3 is 15.0 Å². The van der Waals surface area contributed by atoms with Gasteiger partial charge in [-0.15, -0.1) is 0 Å². The number of unbranched alkanes of at least 4 members (excludes halogenated alkanes) is 2. The minimum atomic E-state index is -4.46. The highest BCUT2D eigenvalue weighted by Crippen LogP contribution is 2.34. The van der Waals surface area contributed by atoms with Gasteiger partial charge in [-0.25, -0.2) is 0 Å². The van der Waals surface area contributed by atoms with Gasteiger partial charge in [0.25, 0.3) is 5.91 Å². The van der Waals surface area contributed by atoms with Gasteiger partial charge in [-0.1, -0.05) is 50.1 Å². The van der Waals surface area contributed by atoms with Crippen LogP contribution in [0.2, 0.25) is 0 Å². The van der Waals surface area contributed by atoms with Crippen molar-refractivity contribution >= 4 is 16.8 Å². The third-order valence-corrected chi connectivity index (χ3v) is 4.92. The largest absolute Gasteiger partial charge is 0.494 e. The van der Waals surface area contributed by atoms with E-state index in [-0.39, 0.29) is 11.3 Å². The Morgan fingerprint density at radius 1 is 1.10 bits per heavy atom. The minimum Gasteiger partial charge on any atom is -0.494 e. The molecule has 1 atom stereocenters. The number of halogens is 3. The fourth-order valence-corrected chi connectivity index (χ4v) is 3.26. The summed E-state index contributed by atoms with van der Waals surface area (Å²) in [5.41, 5.74) is 1.03. The number of fused-ring (bicyclic) bond motifs is 1. The fourth-order valence-electron chi connectivity index (χ4n) is 3.26. The number of carbonyl (C=O) groups is 1. The molecule has 3 aromatic rings. The molecule has 0 spiro atoms. The first kappa shape index (κ1) is 21.7. The predicted octanol–water partition coefficient (Wildman–Crippen LogP) is 5.81. The quantitative estimate of drug-likeness (QED) is 0.431. The van der Waals surface area contributed by atoms with Crippen LogP contribution in [0.25, 0.3) is 10.9 Å². The average molecular weight is 418 g/mol. The number of nitrogens with one attached hydrogen (secondary N) is 2. The van der Waals surface area contributed by atoms with Crippen LogP contribution >= 0.6 is 0 Å². The molecule has 1 amide bonds. The van der Waals surface area contributed by atoms with Crippen LogP contribution in [0, 0.1) is 0 Å². The summed E-state index contributed by atoms with van der Waals surface area (Å²) in [6.07, 6.45) is -1.29. The number of rotatable bonds is 9. The Morgan fingerprint density at radius 2 is 1.87 bits per heavy atom. The Bertz CT molecular complexity index is 967. The molecular weight excluding hydrogens is 393 g/mol. The van der Waals surface area contributed by atoms with Gasteiger partial charge >= 0.3 is 6.18 Å². The number of hydrogen-bond acceptors (Lipinski definition) is 2. The fraction of sp³-hybridized carbons (Fsp3) is 0.348. The number of hydrogen-bond donors (Lipinski definition) is 2. The number of aromatic nitrogens is 1. The van der Waals surface area contributed by atoms with Gasteiger partial charge in [0.15, 0.2) is 0 Å². The maximum Gasteiger partial charge on any atom is 0.397 e. The third-order valence-electron chi connectivity index (χ3n) is 4.92. The number of aromatic amines is 1.